The van der Waals surface area contributed by atoms with Gasteiger partial charge in [-0.1, -0.05) is 38.1 Å². The normalized spacial score (nSPS) is 11.0. The van der Waals surface area contributed by atoms with Crippen LogP contribution in [0.2, 0.25) is 0 Å². The molecule has 0 saturated heterocycles. The van der Waals surface area contributed by atoms with Gasteiger partial charge in [-0.15, -0.1) is 11.3 Å². The van der Waals surface area contributed by atoms with Gasteiger partial charge >= 0.3 is 5.97 Å². The lowest BCUT2D eigenvalue weighted by atomic mass is 9.98. The van der Waals surface area contributed by atoms with Crippen molar-refractivity contribution in [3.8, 4) is 11.1 Å². The third-order valence-corrected chi connectivity index (χ3v) is 5.82. The van der Waals surface area contributed by atoms with E-state index in [4.69, 9.17) is 4.74 Å². The Morgan fingerprint density at radius 2 is 1.79 bits per heavy atom. The summed E-state index contributed by atoms with van der Waals surface area (Å²) >= 11 is 1.25. The molecule has 0 atom stereocenters. The molecule has 0 radical (unpaired) electrons. The van der Waals surface area contributed by atoms with Crippen molar-refractivity contribution >= 4 is 40.0 Å². The Bertz CT molecular complexity index is 1180. The van der Waals surface area contributed by atoms with Gasteiger partial charge in [0.1, 0.15) is 10.6 Å². The van der Waals surface area contributed by atoms with E-state index in [0.717, 1.165) is 5.56 Å². The minimum absolute atomic E-state index is 0.0248. The molecule has 3 rings (SSSR count). The molecule has 0 aliphatic rings. The highest BCUT2D eigenvalue weighted by atomic mass is 32.1. The Balaban J connectivity index is 1.83. The van der Waals surface area contributed by atoms with Gasteiger partial charge in [0.05, 0.1) is 11.5 Å². The van der Waals surface area contributed by atoms with Gasteiger partial charge in [0.25, 0.3) is 5.69 Å². The van der Waals surface area contributed by atoms with Crippen LogP contribution in [-0.4, -0.2) is 23.4 Å². The summed E-state index contributed by atoms with van der Waals surface area (Å²) in [7, 11) is 0. The van der Waals surface area contributed by atoms with Crippen LogP contribution in [0, 0.1) is 10.1 Å². The monoisotopic (exact) mass is 464 g/mol. The summed E-state index contributed by atoms with van der Waals surface area (Å²) in [5, 5.41) is 15.7. The van der Waals surface area contributed by atoms with Crippen molar-refractivity contribution in [1.29, 1.82) is 0 Å². The summed E-state index contributed by atoms with van der Waals surface area (Å²) < 4.78 is 5.24. The highest BCUT2D eigenvalue weighted by molar-refractivity contribution is 7.15. The van der Waals surface area contributed by atoms with Crippen molar-refractivity contribution in [2.45, 2.75) is 26.7 Å². The van der Waals surface area contributed by atoms with Gasteiger partial charge in [0, 0.05) is 29.2 Å². The first-order valence-electron chi connectivity index (χ1n) is 10.4. The fourth-order valence-corrected chi connectivity index (χ4v) is 4.11. The standard InChI is InChI=1S/C25H24N2O5S/c1-4-32-25(29)23-21(19-10-8-18(9-11-19)16(2)3)15-33-24(23)26-22(28)14-7-17-5-12-20(13-6-17)27(30)31/h5-16H,4H2,1-3H3,(H,26,28)/b14-7+. The maximum Gasteiger partial charge on any atom is 0.341 e. The Kier molecular flexibility index (Phi) is 7.74. The largest absolute Gasteiger partial charge is 0.462 e. The minimum atomic E-state index is -0.503. The van der Waals surface area contributed by atoms with E-state index in [2.05, 4.69) is 19.2 Å². The molecule has 0 bridgehead atoms. The maximum atomic E-state index is 12.7. The molecule has 1 heterocycles. The van der Waals surface area contributed by atoms with E-state index in [-0.39, 0.29) is 12.3 Å². The van der Waals surface area contributed by atoms with Gasteiger partial charge in [-0.2, -0.15) is 0 Å². The number of rotatable bonds is 8. The fourth-order valence-electron chi connectivity index (χ4n) is 3.15. The summed E-state index contributed by atoms with van der Waals surface area (Å²) in [5.41, 5.74) is 3.68. The molecule has 7 nitrogen and oxygen atoms in total. The molecule has 1 amide bonds. The summed E-state index contributed by atoms with van der Waals surface area (Å²) in [6.45, 7) is 6.17. The van der Waals surface area contributed by atoms with E-state index in [1.165, 1.54) is 35.1 Å². The fraction of sp³-hybridized carbons (Fsp3) is 0.200. The smallest absolute Gasteiger partial charge is 0.341 e. The predicted molar refractivity (Wildman–Crippen MR) is 131 cm³/mol. The van der Waals surface area contributed by atoms with E-state index in [1.54, 1.807) is 25.1 Å². The summed E-state index contributed by atoms with van der Waals surface area (Å²) in [5.74, 6) is -0.540. The highest BCUT2D eigenvalue weighted by Crippen LogP contribution is 2.36. The Labute approximate surface area is 195 Å². The molecule has 1 N–H and O–H groups in total. The number of nitro benzene ring substituents is 1. The molecule has 170 valence electrons. The van der Waals surface area contributed by atoms with Crippen LogP contribution in [-0.2, 0) is 9.53 Å². The molecule has 33 heavy (non-hydrogen) atoms. The minimum Gasteiger partial charge on any atom is -0.462 e. The topological polar surface area (TPSA) is 98.5 Å². The quantitative estimate of drug-likeness (QED) is 0.183. The Hall–Kier alpha value is -3.78. The molecular weight excluding hydrogens is 440 g/mol. The SMILES string of the molecule is CCOC(=O)c1c(-c2ccc(C(C)C)cc2)csc1NC(=O)/C=C/c1ccc([N+](=O)[O-])cc1. The molecule has 1 aromatic heterocycles. The zero-order valence-corrected chi connectivity index (χ0v) is 19.3. The Morgan fingerprint density at radius 3 is 2.36 bits per heavy atom. The number of nitro groups is 1. The Morgan fingerprint density at radius 1 is 1.12 bits per heavy atom. The number of ether oxygens (including phenoxy) is 1. The lowest BCUT2D eigenvalue weighted by molar-refractivity contribution is -0.384. The number of anilines is 1. The van der Waals surface area contributed by atoms with Crippen molar-refractivity contribution in [1.82, 2.24) is 0 Å². The third-order valence-electron chi connectivity index (χ3n) is 4.93. The van der Waals surface area contributed by atoms with E-state index >= 15 is 0 Å². The van der Waals surface area contributed by atoms with Crippen LogP contribution in [0.5, 0.6) is 0 Å². The van der Waals surface area contributed by atoms with E-state index in [1.807, 2.05) is 29.6 Å². The zero-order valence-electron chi connectivity index (χ0n) is 18.5. The van der Waals surface area contributed by atoms with Crippen LogP contribution in [0.1, 0.15) is 48.2 Å². The molecule has 2 aromatic carbocycles. The lowest BCUT2D eigenvalue weighted by Crippen LogP contribution is -2.12. The lowest BCUT2D eigenvalue weighted by Gasteiger charge is -2.09. The van der Waals surface area contributed by atoms with E-state index < -0.39 is 16.8 Å². The second kappa shape index (κ2) is 10.7. The molecule has 3 aromatic rings. The number of amides is 1. The predicted octanol–water partition coefficient (Wildman–Crippen LogP) is 6.28. The van der Waals surface area contributed by atoms with Gasteiger partial charge in [-0.25, -0.2) is 4.79 Å². The average Bonchev–Trinajstić information content (AvgIpc) is 3.21. The van der Waals surface area contributed by atoms with Crippen molar-refractivity contribution in [3.05, 3.63) is 86.8 Å². The molecule has 0 aliphatic carbocycles. The number of nitrogens with zero attached hydrogens (tertiary/aromatic N) is 1. The molecule has 8 heteroatoms. The van der Waals surface area contributed by atoms with Crippen molar-refractivity contribution < 1.29 is 19.2 Å². The first kappa shape index (κ1) is 23.9. The summed E-state index contributed by atoms with van der Waals surface area (Å²) in [6, 6.07) is 13.8. The zero-order chi connectivity index (χ0) is 24.0. The number of hydrogen-bond donors (Lipinski definition) is 1. The number of hydrogen-bond acceptors (Lipinski definition) is 6. The van der Waals surface area contributed by atoms with Gasteiger partial charge in [0.2, 0.25) is 5.91 Å². The van der Waals surface area contributed by atoms with E-state index in [9.17, 15) is 19.7 Å². The van der Waals surface area contributed by atoms with Crippen molar-refractivity contribution in [2.75, 3.05) is 11.9 Å². The van der Waals surface area contributed by atoms with Crippen LogP contribution in [0.25, 0.3) is 17.2 Å². The van der Waals surface area contributed by atoms with Crippen LogP contribution < -0.4 is 5.32 Å². The summed E-state index contributed by atoms with van der Waals surface area (Å²) in [6.07, 6.45) is 2.86. The third kappa shape index (κ3) is 5.93. The molecule has 0 spiro atoms. The number of nitrogens with one attached hydrogen (secondary N) is 1. The molecule has 0 saturated carbocycles. The second-order valence-corrected chi connectivity index (χ2v) is 8.40. The average molecular weight is 465 g/mol. The summed E-state index contributed by atoms with van der Waals surface area (Å²) in [4.78, 5) is 35.5. The number of non-ortho nitro benzene ring substituents is 1. The van der Waals surface area contributed by atoms with Crippen LogP contribution in [0.15, 0.2) is 60.0 Å². The number of carbonyl (C=O) groups excluding carboxylic acids is 2. The number of thiophene rings is 1. The second-order valence-electron chi connectivity index (χ2n) is 7.52. The first-order chi connectivity index (χ1) is 15.8. The van der Waals surface area contributed by atoms with Gasteiger partial charge in [-0.05, 0) is 47.7 Å². The molecule has 0 unspecified atom stereocenters. The van der Waals surface area contributed by atoms with Gasteiger partial charge in [-0.3, -0.25) is 14.9 Å². The van der Waals surface area contributed by atoms with Gasteiger partial charge in [0.15, 0.2) is 0 Å². The number of benzene rings is 2. The first-order valence-corrected chi connectivity index (χ1v) is 11.3. The number of esters is 1. The van der Waals surface area contributed by atoms with Gasteiger partial charge < -0.3 is 10.1 Å². The molecule has 0 aliphatic heterocycles. The van der Waals surface area contributed by atoms with Crippen LogP contribution in [0.3, 0.4) is 0 Å². The molecular formula is C25H24N2O5S. The van der Waals surface area contributed by atoms with Crippen LogP contribution in [0.4, 0.5) is 10.7 Å². The van der Waals surface area contributed by atoms with E-state index in [0.29, 0.717) is 27.6 Å². The maximum absolute atomic E-state index is 12.7. The highest BCUT2D eigenvalue weighted by Gasteiger charge is 2.22. The van der Waals surface area contributed by atoms with Crippen LogP contribution >= 0.6 is 11.3 Å². The van der Waals surface area contributed by atoms with Crippen molar-refractivity contribution in [3.63, 3.8) is 0 Å². The molecule has 0 fully saturated rings. The van der Waals surface area contributed by atoms with Crippen molar-refractivity contribution in [2.24, 2.45) is 0 Å². The number of carbonyl (C=O) groups is 2.